The van der Waals surface area contributed by atoms with E-state index in [1.54, 1.807) is 12.1 Å². The molecule has 0 aliphatic carbocycles. The molecule has 10 heteroatoms. The van der Waals surface area contributed by atoms with Crippen LogP contribution in [-0.2, 0) is 11.3 Å². The number of rotatable bonds is 11. The van der Waals surface area contributed by atoms with E-state index in [2.05, 4.69) is 32.4 Å². The van der Waals surface area contributed by atoms with Gasteiger partial charge in [-0.15, -0.1) is 13.2 Å². The summed E-state index contributed by atoms with van der Waals surface area (Å²) in [6.07, 6.45) is -0.882. The zero-order valence-electron chi connectivity index (χ0n) is 22.0. The number of hydrogen-bond acceptors (Lipinski definition) is 5. The number of nitrogens with zero attached hydrogens (tertiary/aromatic N) is 3. The van der Waals surface area contributed by atoms with E-state index in [4.69, 9.17) is 4.98 Å². The summed E-state index contributed by atoms with van der Waals surface area (Å²) >= 11 is 0. The van der Waals surface area contributed by atoms with Crippen molar-refractivity contribution >= 4 is 29.1 Å². The maximum absolute atomic E-state index is 12.5. The van der Waals surface area contributed by atoms with Crippen LogP contribution in [-0.4, -0.2) is 53.4 Å². The summed E-state index contributed by atoms with van der Waals surface area (Å²) in [5.74, 6) is 0.994. The first-order valence-corrected chi connectivity index (χ1v) is 13.4. The van der Waals surface area contributed by atoms with Crippen LogP contribution < -0.4 is 15.4 Å². The Kier molecular flexibility index (Phi) is 8.54. The number of carbonyl (C=O) groups is 1. The van der Waals surface area contributed by atoms with Gasteiger partial charge < -0.3 is 24.8 Å². The molecule has 1 amide bonds. The highest BCUT2D eigenvalue weighted by Crippen LogP contribution is 2.30. The van der Waals surface area contributed by atoms with Gasteiger partial charge in [-0.05, 0) is 92.3 Å². The number of aromatic nitrogens is 2. The molecule has 0 radical (unpaired) electrons. The summed E-state index contributed by atoms with van der Waals surface area (Å²) in [7, 11) is 0. The van der Waals surface area contributed by atoms with Gasteiger partial charge in [-0.3, -0.25) is 4.79 Å². The molecule has 4 aromatic rings. The molecule has 0 atom stereocenters. The lowest BCUT2D eigenvalue weighted by Crippen LogP contribution is -2.34. The second-order valence-electron chi connectivity index (χ2n) is 9.99. The van der Waals surface area contributed by atoms with E-state index in [1.165, 1.54) is 17.7 Å². The van der Waals surface area contributed by atoms with Gasteiger partial charge in [0.2, 0.25) is 12.4 Å². The molecule has 3 aromatic carbocycles. The second-order valence-corrected chi connectivity index (χ2v) is 9.99. The van der Waals surface area contributed by atoms with Crippen molar-refractivity contribution in [1.82, 2.24) is 14.5 Å². The van der Waals surface area contributed by atoms with E-state index in [9.17, 15) is 18.0 Å². The number of alkyl halides is 3. The van der Waals surface area contributed by atoms with Gasteiger partial charge in [-0.1, -0.05) is 36.4 Å². The van der Waals surface area contributed by atoms with Crippen LogP contribution in [0.1, 0.15) is 36.3 Å². The quantitative estimate of drug-likeness (QED) is 0.171. The molecule has 0 saturated carbocycles. The summed E-state index contributed by atoms with van der Waals surface area (Å²) in [6, 6.07) is 21.8. The third kappa shape index (κ3) is 7.12. The molecule has 1 aliphatic rings. The van der Waals surface area contributed by atoms with Crippen molar-refractivity contribution < 1.29 is 22.7 Å². The fraction of sp³-hybridized carbons (Fsp3) is 0.333. The number of anilines is 2. The molecule has 5 rings (SSSR count). The van der Waals surface area contributed by atoms with Gasteiger partial charge in [0.25, 0.3) is 0 Å². The van der Waals surface area contributed by atoms with Crippen molar-refractivity contribution in [2.24, 2.45) is 0 Å². The van der Waals surface area contributed by atoms with Gasteiger partial charge in [0.1, 0.15) is 5.75 Å². The summed E-state index contributed by atoms with van der Waals surface area (Å²) in [5, 5.41) is 6.21. The minimum atomic E-state index is -4.71. The molecule has 1 aliphatic heterocycles. The standard InChI is InChI=1S/C30H32F3N5O2/c31-30(32,33)40-26-11-9-22(10-12-26)20-38-28-8-2-1-7-27(28)36-29(38)34-15-4-16-37-17-13-23(14-18-37)24-5-3-6-25(19-24)35-21-39/h1-3,5-12,19,21,23H,4,13-18,20H2,(H,34,36)(H,35,39). The van der Waals surface area contributed by atoms with Gasteiger partial charge in [-0.2, -0.15) is 0 Å². The SMILES string of the molecule is O=CNc1cccc(C2CCN(CCCNc3nc4ccccc4n3Cc3ccc(OC(F)(F)F)cc3)CC2)c1. The third-order valence-electron chi connectivity index (χ3n) is 7.26. The molecule has 0 spiro atoms. The Morgan fingerprint density at radius 3 is 2.52 bits per heavy atom. The van der Waals surface area contributed by atoms with Crippen LogP contribution >= 0.6 is 0 Å². The fourth-order valence-corrected chi connectivity index (χ4v) is 5.29. The highest BCUT2D eigenvalue weighted by atomic mass is 19.4. The highest BCUT2D eigenvalue weighted by molar-refractivity contribution is 5.78. The van der Waals surface area contributed by atoms with E-state index in [0.717, 1.165) is 73.7 Å². The minimum absolute atomic E-state index is 0.238. The zero-order chi connectivity index (χ0) is 28.0. The number of amides is 1. The number of benzene rings is 3. The van der Waals surface area contributed by atoms with E-state index >= 15 is 0 Å². The molecule has 1 fully saturated rings. The highest BCUT2D eigenvalue weighted by Gasteiger charge is 2.31. The summed E-state index contributed by atoms with van der Waals surface area (Å²) in [6.45, 7) is 4.26. The first-order valence-electron chi connectivity index (χ1n) is 13.4. The Morgan fingerprint density at radius 2 is 1.77 bits per heavy atom. The molecule has 2 heterocycles. The van der Waals surface area contributed by atoms with Crippen molar-refractivity contribution in [3.05, 3.63) is 83.9 Å². The lowest BCUT2D eigenvalue weighted by molar-refractivity contribution is -0.274. The monoisotopic (exact) mass is 551 g/mol. The topological polar surface area (TPSA) is 71.4 Å². The van der Waals surface area contributed by atoms with E-state index < -0.39 is 6.36 Å². The predicted octanol–water partition coefficient (Wildman–Crippen LogP) is 6.23. The number of imidazole rings is 1. The molecule has 210 valence electrons. The van der Waals surface area contributed by atoms with Crippen LogP contribution in [0.5, 0.6) is 5.75 Å². The summed E-state index contributed by atoms with van der Waals surface area (Å²) < 4.78 is 43.6. The Hall–Kier alpha value is -4.05. The van der Waals surface area contributed by atoms with Crippen LogP contribution in [0.3, 0.4) is 0 Å². The number of nitrogens with one attached hydrogen (secondary N) is 2. The van der Waals surface area contributed by atoms with E-state index in [1.807, 2.05) is 41.0 Å². The van der Waals surface area contributed by atoms with Gasteiger partial charge >= 0.3 is 6.36 Å². The maximum atomic E-state index is 12.5. The molecule has 0 bridgehead atoms. The largest absolute Gasteiger partial charge is 0.573 e. The number of hydrogen-bond donors (Lipinski definition) is 2. The molecule has 0 unspecified atom stereocenters. The molecule has 1 saturated heterocycles. The Balaban J connectivity index is 1.14. The van der Waals surface area contributed by atoms with E-state index in [0.29, 0.717) is 18.9 Å². The first-order chi connectivity index (χ1) is 19.4. The zero-order valence-corrected chi connectivity index (χ0v) is 22.0. The molecule has 2 N–H and O–H groups in total. The summed E-state index contributed by atoms with van der Waals surface area (Å²) in [5.41, 5.74) is 4.76. The van der Waals surface area contributed by atoms with Gasteiger partial charge in [0.05, 0.1) is 17.6 Å². The van der Waals surface area contributed by atoms with E-state index in [-0.39, 0.29) is 5.75 Å². The number of ether oxygens (including phenoxy) is 1. The normalized spacial score (nSPS) is 14.8. The van der Waals surface area contributed by atoms with Crippen LogP contribution in [0, 0.1) is 0 Å². The average Bonchev–Trinajstić information content (AvgIpc) is 3.29. The molecular weight excluding hydrogens is 519 g/mol. The number of carbonyl (C=O) groups excluding carboxylic acids is 1. The third-order valence-corrected chi connectivity index (χ3v) is 7.26. The Bertz CT molecular complexity index is 1410. The molecule has 7 nitrogen and oxygen atoms in total. The Labute approximate surface area is 231 Å². The van der Waals surface area contributed by atoms with Crippen LogP contribution in [0.4, 0.5) is 24.8 Å². The smallest absolute Gasteiger partial charge is 0.406 e. The van der Waals surface area contributed by atoms with Gasteiger partial charge in [-0.25, -0.2) is 4.98 Å². The van der Waals surface area contributed by atoms with Crippen molar-refractivity contribution in [1.29, 1.82) is 0 Å². The first kappa shape index (κ1) is 27.5. The van der Waals surface area contributed by atoms with Crippen molar-refractivity contribution in [2.75, 3.05) is 36.8 Å². The minimum Gasteiger partial charge on any atom is -0.406 e. The molecule has 40 heavy (non-hydrogen) atoms. The average molecular weight is 552 g/mol. The van der Waals surface area contributed by atoms with Crippen LogP contribution in [0.2, 0.25) is 0 Å². The lowest BCUT2D eigenvalue weighted by atomic mass is 9.89. The molecular formula is C30H32F3N5O2. The number of para-hydroxylation sites is 2. The number of piperidine rings is 1. The van der Waals surface area contributed by atoms with Gasteiger partial charge in [0, 0.05) is 12.2 Å². The van der Waals surface area contributed by atoms with Gasteiger partial charge in [0.15, 0.2) is 0 Å². The number of fused-ring (bicyclic) bond motifs is 1. The van der Waals surface area contributed by atoms with Crippen molar-refractivity contribution in [3.8, 4) is 5.75 Å². The van der Waals surface area contributed by atoms with Crippen LogP contribution in [0.25, 0.3) is 11.0 Å². The molecule has 1 aromatic heterocycles. The van der Waals surface area contributed by atoms with Crippen molar-refractivity contribution in [2.45, 2.75) is 38.1 Å². The maximum Gasteiger partial charge on any atom is 0.573 e. The number of halogens is 3. The summed E-state index contributed by atoms with van der Waals surface area (Å²) in [4.78, 5) is 18.0. The number of likely N-dealkylation sites (tertiary alicyclic amines) is 1. The second kappa shape index (κ2) is 12.4. The fourth-order valence-electron chi connectivity index (χ4n) is 5.29. The predicted molar refractivity (Wildman–Crippen MR) is 150 cm³/mol. The Morgan fingerprint density at radius 1 is 1.00 bits per heavy atom. The lowest BCUT2D eigenvalue weighted by Gasteiger charge is -2.32. The van der Waals surface area contributed by atoms with Crippen LogP contribution in [0.15, 0.2) is 72.8 Å². The van der Waals surface area contributed by atoms with Crippen molar-refractivity contribution in [3.63, 3.8) is 0 Å².